The van der Waals surface area contributed by atoms with Crippen molar-refractivity contribution >= 4 is 5.97 Å². The van der Waals surface area contributed by atoms with Gasteiger partial charge in [-0.25, -0.2) is 4.79 Å². The fraction of sp³-hybridized carbons (Fsp3) is 0.667. The van der Waals surface area contributed by atoms with Gasteiger partial charge in [-0.3, -0.25) is 0 Å². The molecule has 0 amide bonds. The molecule has 1 atom stereocenters. The third-order valence-electron chi connectivity index (χ3n) is 3.47. The quantitative estimate of drug-likeness (QED) is 0.744. The molecule has 18 heavy (non-hydrogen) atoms. The monoisotopic (exact) mass is 251 g/mol. The van der Waals surface area contributed by atoms with Crippen molar-refractivity contribution in [1.29, 1.82) is 0 Å². The lowest BCUT2D eigenvalue weighted by molar-refractivity contribution is 0.0427. The van der Waals surface area contributed by atoms with Crippen LogP contribution >= 0.6 is 0 Å². The molecule has 0 saturated carbocycles. The van der Waals surface area contributed by atoms with Crippen molar-refractivity contribution < 1.29 is 9.53 Å². The first-order chi connectivity index (χ1) is 8.60. The molecule has 1 rings (SSSR count). The molecule has 1 aromatic rings. The lowest BCUT2D eigenvalue weighted by atomic mass is 10.0. The van der Waals surface area contributed by atoms with Gasteiger partial charge >= 0.3 is 5.97 Å². The van der Waals surface area contributed by atoms with Gasteiger partial charge in [-0.05, 0) is 31.7 Å². The topological polar surface area (TPSA) is 42.1 Å². The van der Waals surface area contributed by atoms with Crippen LogP contribution in [0.15, 0.2) is 6.20 Å². The van der Waals surface area contributed by atoms with Crippen molar-refractivity contribution in [1.82, 2.24) is 4.98 Å². The summed E-state index contributed by atoms with van der Waals surface area (Å²) in [6.07, 6.45) is 6.46. The Kier molecular flexibility index (Phi) is 5.96. The number of aromatic nitrogens is 1. The van der Waals surface area contributed by atoms with E-state index in [-0.39, 0.29) is 5.97 Å². The molecule has 0 aliphatic carbocycles. The van der Waals surface area contributed by atoms with Crippen LogP contribution in [0.2, 0.25) is 0 Å². The van der Waals surface area contributed by atoms with E-state index in [4.69, 9.17) is 4.74 Å². The van der Waals surface area contributed by atoms with Crippen LogP contribution in [0.25, 0.3) is 0 Å². The lowest BCUT2D eigenvalue weighted by Gasteiger charge is -2.14. The zero-order chi connectivity index (χ0) is 13.5. The molecule has 0 radical (unpaired) electrons. The largest absolute Gasteiger partial charge is 0.462 e. The second-order valence-electron chi connectivity index (χ2n) is 4.99. The zero-order valence-corrected chi connectivity index (χ0v) is 12.0. The van der Waals surface area contributed by atoms with E-state index < -0.39 is 0 Å². The SMILES string of the molecule is CCCCC(CC)COC(=O)c1c(C)c[nH]c1C. The number of esters is 1. The Balaban J connectivity index is 2.50. The van der Waals surface area contributed by atoms with Crippen molar-refractivity contribution in [3.05, 3.63) is 23.0 Å². The summed E-state index contributed by atoms with van der Waals surface area (Å²) in [5.41, 5.74) is 2.54. The predicted molar refractivity (Wildman–Crippen MR) is 73.9 cm³/mol. The molecule has 1 heterocycles. The number of H-pyrrole nitrogens is 1. The zero-order valence-electron chi connectivity index (χ0n) is 12.0. The van der Waals surface area contributed by atoms with E-state index in [0.29, 0.717) is 18.1 Å². The molecule has 1 N–H and O–H groups in total. The lowest BCUT2D eigenvalue weighted by Crippen LogP contribution is -2.15. The summed E-state index contributed by atoms with van der Waals surface area (Å²) >= 11 is 0. The van der Waals surface area contributed by atoms with Crippen molar-refractivity contribution in [2.24, 2.45) is 5.92 Å². The number of unbranched alkanes of at least 4 members (excludes halogenated alkanes) is 1. The van der Waals surface area contributed by atoms with Crippen LogP contribution < -0.4 is 0 Å². The maximum absolute atomic E-state index is 12.0. The number of carbonyl (C=O) groups excluding carboxylic acids is 1. The molecule has 3 nitrogen and oxygen atoms in total. The Bertz CT molecular complexity index is 362. The Labute approximate surface area is 110 Å². The van der Waals surface area contributed by atoms with E-state index in [1.165, 1.54) is 12.8 Å². The van der Waals surface area contributed by atoms with Gasteiger partial charge in [-0.1, -0.05) is 33.1 Å². The summed E-state index contributed by atoms with van der Waals surface area (Å²) in [6, 6.07) is 0. The fourth-order valence-electron chi connectivity index (χ4n) is 2.13. The molecule has 0 spiro atoms. The fourth-order valence-corrected chi connectivity index (χ4v) is 2.13. The van der Waals surface area contributed by atoms with E-state index in [2.05, 4.69) is 18.8 Å². The average Bonchev–Trinajstić information content (AvgIpc) is 2.69. The summed E-state index contributed by atoms with van der Waals surface area (Å²) in [4.78, 5) is 15.1. The third kappa shape index (κ3) is 3.90. The molecule has 1 aromatic heterocycles. The molecular weight excluding hydrogens is 226 g/mol. The smallest absolute Gasteiger partial charge is 0.340 e. The van der Waals surface area contributed by atoms with Gasteiger partial charge in [0.05, 0.1) is 12.2 Å². The second kappa shape index (κ2) is 7.24. The van der Waals surface area contributed by atoms with Crippen molar-refractivity contribution in [3.63, 3.8) is 0 Å². The van der Waals surface area contributed by atoms with Gasteiger partial charge in [0.2, 0.25) is 0 Å². The van der Waals surface area contributed by atoms with Crippen molar-refractivity contribution in [2.45, 2.75) is 53.4 Å². The highest BCUT2D eigenvalue weighted by molar-refractivity contribution is 5.92. The molecule has 0 aromatic carbocycles. The first-order valence-electron chi connectivity index (χ1n) is 6.91. The van der Waals surface area contributed by atoms with Crippen LogP contribution in [0.1, 0.15) is 61.1 Å². The van der Waals surface area contributed by atoms with Crippen molar-refractivity contribution in [2.75, 3.05) is 6.61 Å². The normalized spacial score (nSPS) is 12.4. The van der Waals surface area contributed by atoms with Gasteiger partial charge in [-0.15, -0.1) is 0 Å². The minimum Gasteiger partial charge on any atom is -0.462 e. The van der Waals surface area contributed by atoms with Crippen molar-refractivity contribution in [3.8, 4) is 0 Å². The van der Waals surface area contributed by atoms with E-state index in [0.717, 1.165) is 24.1 Å². The maximum Gasteiger partial charge on any atom is 0.340 e. The van der Waals surface area contributed by atoms with E-state index >= 15 is 0 Å². The van der Waals surface area contributed by atoms with Crippen LogP contribution in [0.5, 0.6) is 0 Å². The number of carbonyl (C=O) groups is 1. The van der Waals surface area contributed by atoms with Gasteiger partial charge < -0.3 is 9.72 Å². The third-order valence-corrected chi connectivity index (χ3v) is 3.47. The Morgan fingerprint density at radius 2 is 2.11 bits per heavy atom. The summed E-state index contributed by atoms with van der Waals surface area (Å²) in [5.74, 6) is 0.301. The molecule has 0 fully saturated rings. The summed E-state index contributed by atoms with van der Waals surface area (Å²) in [7, 11) is 0. The summed E-state index contributed by atoms with van der Waals surface area (Å²) in [6.45, 7) is 8.71. The average molecular weight is 251 g/mol. The van der Waals surface area contributed by atoms with Gasteiger partial charge in [0.15, 0.2) is 0 Å². The number of hydrogen-bond donors (Lipinski definition) is 1. The Morgan fingerprint density at radius 1 is 1.39 bits per heavy atom. The number of aromatic amines is 1. The first kappa shape index (κ1) is 14.8. The Morgan fingerprint density at radius 3 is 2.61 bits per heavy atom. The molecule has 0 saturated heterocycles. The van der Waals surface area contributed by atoms with Gasteiger partial charge in [0.25, 0.3) is 0 Å². The number of hydrogen-bond acceptors (Lipinski definition) is 2. The second-order valence-corrected chi connectivity index (χ2v) is 4.99. The predicted octanol–water partition coefficient (Wildman–Crippen LogP) is 4.00. The summed E-state index contributed by atoms with van der Waals surface area (Å²) < 4.78 is 5.44. The number of aryl methyl sites for hydroxylation is 2. The highest BCUT2D eigenvalue weighted by Gasteiger charge is 2.16. The van der Waals surface area contributed by atoms with Gasteiger partial charge in [0, 0.05) is 11.9 Å². The van der Waals surface area contributed by atoms with Crippen LogP contribution in [-0.2, 0) is 4.74 Å². The highest BCUT2D eigenvalue weighted by atomic mass is 16.5. The Hall–Kier alpha value is -1.25. The molecule has 0 aliphatic rings. The molecule has 1 unspecified atom stereocenters. The van der Waals surface area contributed by atoms with Gasteiger partial charge in [0.1, 0.15) is 0 Å². The van der Waals surface area contributed by atoms with E-state index in [9.17, 15) is 4.79 Å². The number of rotatable bonds is 7. The minimum atomic E-state index is -0.193. The molecule has 0 bridgehead atoms. The van der Waals surface area contributed by atoms with E-state index in [1.807, 2.05) is 20.0 Å². The van der Waals surface area contributed by atoms with Crippen LogP contribution in [0, 0.1) is 19.8 Å². The highest BCUT2D eigenvalue weighted by Crippen LogP contribution is 2.17. The number of ether oxygens (including phenoxy) is 1. The molecule has 0 aliphatic heterocycles. The first-order valence-corrected chi connectivity index (χ1v) is 6.91. The van der Waals surface area contributed by atoms with Crippen LogP contribution in [0.3, 0.4) is 0 Å². The van der Waals surface area contributed by atoms with Gasteiger partial charge in [-0.2, -0.15) is 0 Å². The van der Waals surface area contributed by atoms with Crippen LogP contribution in [0.4, 0.5) is 0 Å². The maximum atomic E-state index is 12.0. The molecule has 3 heteroatoms. The summed E-state index contributed by atoms with van der Waals surface area (Å²) in [5, 5.41) is 0. The minimum absolute atomic E-state index is 0.193. The molecule has 102 valence electrons. The molecular formula is C15H25NO2. The standard InChI is InChI=1S/C15H25NO2/c1-5-7-8-13(6-2)10-18-15(17)14-11(3)9-16-12(14)4/h9,13,16H,5-8,10H2,1-4H3. The van der Waals surface area contributed by atoms with Crippen LogP contribution in [-0.4, -0.2) is 17.6 Å². The van der Waals surface area contributed by atoms with E-state index in [1.54, 1.807) is 0 Å². The number of nitrogens with one attached hydrogen (secondary N) is 1.